The summed E-state index contributed by atoms with van der Waals surface area (Å²) in [5.41, 5.74) is 8.83. The van der Waals surface area contributed by atoms with Crippen LogP contribution in [-0.4, -0.2) is 5.78 Å². The van der Waals surface area contributed by atoms with Crippen LogP contribution in [0.2, 0.25) is 0 Å². The molecule has 0 heterocycles. The molecule has 1 rings (SSSR count). The van der Waals surface area contributed by atoms with Gasteiger partial charge in [-0.2, -0.15) is 0 Å². The van der Waals surface area contributed by atoms with Crippen LogP contribution in [0, 0.1) is 10.8 Å². The minimum atomic E-state index is -0.341. The Morgan fingerprint density at radius 1 is 0.619 bits per heavy atom. The first-order valence-electron chi connectivity index (χ1n) is 15.3. The fourth-order valence-electron chi connectivity index (χ4n) is 4.43. The Morgan fingerprint density at radius 3 is 1.45 bits per heavy atom. The van der Waals surface area contributed by atoms with E-state index in [4.69, 9.17) is 0 Å². The van der Waals surface area contributed by atoms with E-state index in [0.717, 1.165) is 11.1 Å². The van der Waals surface area contributed by atoms with Crippen molar-refractivity contribution in [2.24, 2.45) is 10.8 Å². The normalized spacial score (nSPS) is 18.9. The number of carbonyl (C=O) groups excluding carboxylic acids is 1. The van der Waals surface area contributed by atoms with E-state index in [-0.39, 0.29) is 16.6 Å². The minimum Gasteiger partial charge on any atom is -0.294 e. The molecule has 226 valence electrons. The molecule has 0 bridgehead atoms. The number of rotatable bonds is 12. The Morgan fingerprint density at radius 2 is 1.02 bits per heavy atom. The Kier molecular flexibility index (Phi) is 15.8. The first-order chi connectivity index (χ1) is 19.6. The standard InChI is InChI=1S/C41H56O/c1-32(20-14-22-34(3)23-16-25-36(5)28-30-39(42)40(7,8)9)18-12-13-19-33(2)21-15-24-35(4)27-29-38-37(6)26-17-31-41(38,10)11/h12-16,18-25,27-30H,17,26,31H2,1-11H3. The SMILES string of the molecule is CC(C=CC=C(C)C=CC=C(C)C=CC(=O)C(C)(C)C)=CC=CC=C(C)C=CC=C(C)C=CC1=C(C)CCCC1(C)C. The zero-order valence-electron chi connectivity index (χ0n) is 28.3. The number of carbonyl (C=O) groups is 1. The van der Waals surface area contributed by atoms with Crippen LogP contribution < -0.4 is 0 Å². The largest absolute Gasteiger partial charge is 0.294 e. The molecular weight excluding hydrogens is 508 g/mol. The van der Waals surface area contributed by atoms with Crippen molar-refractivity contribution >= 4 is 5.78 Å². The maximum Gasteiger partial charge on any atom is 0.160 e. The smallest absolute Gasteiger partial charge is 0.160 e. The van der Waals surface area contributed by atoms with E-state index < -0.39 is 0 Å². The summed E-state index contributed by atoms with van der Waals surface area (Å²) < 4.78 is 0. The van der Waals surface area contributed by atoms with Crippen molar-refractivity contribution in [3.05, 3.63) is 142 Å². The third-order valence-corrected chi connectivity index (χ3v) is 7.28. The van der Waals surface area contributed by atoms with Gasteiger partial charge in [-0.05, 0) is 77.9 Å². The van der Waals surface area contributed by atoms with Gasteiger partial charge in [-0.1, -0.05) is 165 Å². The van der Waals surface area contributed by atoms with Crippen LogP contribution in [0.1, 0.15) is 95.4 Å². The van der Waals surface area contributed by atoms with Crippen molar-refractivity contribution in [1.82, 2.24) is 0 Å². The monoisotopic (exact) mass is 564 g/mol. The highest BCUT2D eigenvalue weighted by Gasteiger charge is 2.26. The third-order valence-electron chi connectivity index (χ3n) is 7.28. The molecule has 0 aromatic heterocycles. The Bertz CT molecular complexity index is 1290. The third kappa shape index (κ3) is 15.5. The number of allylic oxidation sites excluding steroid dienone is 24. The predicted molar refractivity (Wildman–Crippen MR) is 188 cm³/mol. The molecule has 0 fully saturated rings. The summed E-state index contributed by atoms with van der Waals surface area (Å²) in [6.07, 6.45) is 39.1. The van der Waals surface area contributed by atoms with Gasteiger partial charge in [0.15, 0.2) is 5.78 Å². The molecule has 1 nitrogen and oxygen atoms in total. The summed E-state index contributed by atoms with van der Waals surface area (Å²) in [6, 6.07) is 0. The summed E-state index contributed by atoms with van der Waals surface area (Å²) in [4.78, 5) is 12.0. The van der Waals surface area contributed by atoms with Crippen LogP contribution in [0.5, 0.6) is 0 Å². The summed E-state index contributed by atoms with van der Waals surface area (Å²) >= 11 is 0. The van der Waals surface area contributed by atoms with Crippen molar-refractivity contribution in [2.45, 2.75) is 95.4 Å². The van der Waals surface area contributed by atoms with Crippen molar-refractivity contribution < 1.29 is 4.79 Å². The molecule has 0 aromatic carbocycles. The summed E-state index contributed by atoms with van der Waals surface area (Å²) in [7, 11) is 0. The van der Waals surface area contributed by atoms with Gasteiger partial charge in [-0.25, -0.2) is 0 Å². The van der Waals surface area contributed by atoms with Crippen molar-refractivity contribution in [3.8, 4) is 0 Å². The summed E-state index contributed by atoms with van der Waals surface area (Å²) in [5, 5.41) is 0. The molecular formula is C41H56O. The van der Waals surface area contributed by atoms with Gasteiger partial charge in [-0.3, -0.25) is 4.79 Å². The van der Waals surface area contributed by atoms with Crippen molar-refractivity contribution in [1.29, 1.82) is 0 Å². The average molecular weight is 565 g/mol. The molecule has 1 heteroatoms. The van der Waals surface area contributed by atoms with E-state index in [1.165, 1.54) is 47.1 Å². The van der Waals surface area contributed by atoms with Gasteiger partial charge in [0.25, 0.3) is 0 Å². The van der Waals surface area contributed by atoms with Crippen LogP contribution in [0.4, 0.5) is 0 Å². The molecule has 0 N–H and O–H groups in total. The zero-order chi connectivity index (χ0) is 31.8. The van der Waals surface area contributed by atoms with Gasteiger partial charge in [0.05, 0.1) is 0 Å². The second-order valence-corrected chi connectivity index (χ2v) is 13.2. The number of hydrogen-bond acceptors (Lipinski definition) is 1. The van der Waals surface area contributed by atoms with Crippen LogP contribution >= 0.6 is 0 Å². The van der Waals surface area contributed by atoms with E-state index in [0.29, 0.717) is 0 Å². The first kappa shape index (κ1) is 36.6. The van der Waals surface area contributed by atoms with E-state index in [1.807, 2.05) is 45.9 Å². The van der Waals surface area contributed by atoms with Gasteiger partial charge < -0.3 is 0 Å². The molecule has 42 heavy (non-hydrogen) atoms. The second kappa shape index (κ2) is 18.2. The average Bonchev–Trinajstić information content (AvgIpc) is 2.88. The molecule has 0 amide bonds. The quantitative estimate of drug-likeness (QED) is 0.170. The highest BCUT2D eigenvalue weighted by molar-refractivity contribution is 5.94. The fourth-order valence-corrected chi connectivity index (χ4v) is 4.43. The predicted octanol–water partition coefficient (Wildman–Crippen LogP) is 12.2. The fraction of sp³-hybridized carbons (Fsp3) is 0.390. The molecule has 1 aliphatic carbocycles. The van der Waals surface area contributed by atoms with Crippen LogP contribution in [-0.2, 0) is 4.79 Å². The second-order valence-electron chi connectivity index (χ2n) is 13.2. The van der Waals surface area contributed by atoms with Gasteiger partial charge in [0.1, 0.15) is 0 Å². The molecule has 0 saturated carbocycles. The van der Waals surface area contributed by atoms with Gasteiger partial charge in [0, 0.05) is 5.41 Å². The molecule has 0 atom stereocenters. The Hall–Kier alpha value is -3.45. The highest BCUT2D eigenvalue weighted by atomic mass is 16.1. The van der Waals surface area contributed by atoms with Gasteiger partial charge >= 0.3 is 0 Å². The van der Waals surface area contributed by atoms with Crippen molar-refractivity contribution in [3.63, 3.8) is 0 Å². The summed E-state index contributed by atoms with van der Waals surface area (Å²) in [5.74, 6) is 0.135. The molecule has 0 aliphatic heterocycles. The minimum absolute atomic E-state index is 0.135. The molecule has 0 radical (unpaired) electrons. The lowest BCUT2D eigenvalue weighted by Gasteiger charge is -2.32. The topological polar surface area (TPSA) is 17.1 Å². The Labute approximate surface area is 258 Å². The van der Waals surface area contributed by atoms with E-state index >= 15 is 0 Å². The maximum atomic E-state index is 12.0. The molecule has 0 saturated heterocycles. The van der Waals surface area contributed by atoms with Gasteiger partial charge in [-0.15, -0.1) is 0 Å². The van der Waals surface area contributed by atoms with Crippen LogP contribution in [0.15, 0.2) is 142 Å². The van der Waals surface area contributed by atoms with Crippen LogP contribution in [0.3, 0.4) is 0 Å². The maximum absolute atomic E-state index is 12.0. The lowest BCUT2D eigenvalue weighted by Crippen LogP contribution is -2.19. The van der Waals surface area contributed by atoms with E-state index in [9.17, 15) is 4.79 Å². The van der Waals surface area contributed by atoms with Crippen LogP contribution in [0.25, 0.3) is 0 Å². The molecule has 0 aromatic rings. The number of hydrogen-bond donors (Lipinski definition) is 0. The lowest BCUT2D eigenvalue weighted by molar-refractivity contribution is -0.121. The molecule has 0 spiro atoms. The van der Waals surface area contributed by atoms with E-state index in [1.54, 1.807) is 6.08 Å². The lowest BCUT2D eigenvalue weighted by atomic mass is 9.72. The molecule has 1 aliphatic rings. The first-order valence-corrected chi connectivity index (χ1v) is 15.3. The van der Waals surface area contributed by atoms with E-state index in [2.05, 4.69) is 127 Å². The molecule has 0 unspecified atom stereocenters. The zero-order valence-corrected chi connectivity index (χ0v) is 28.3. The summed E-state index contributed by atoms with van der Waals surface area (Å²) in [6.45, 7) is 23.3. The Balaban J connectivity index is 2.62. The van der Waals surface area contributed by atoms with Crippen molar-refractivity contribution in [2.75, 3.05) is 0 Å². The van der Waals surface area contributed by atoms with Gasteiger partial charge in [0.2, 0.25) is 0 Å². The number of ketones is 1. The highest BCUT2D eigenvalue weighted by Crippen LogP contribution is 2.40.